The summed E-state index contributed by atoms with van der Waals surface area (Å²) in [5.74, 6) is 0.163. The number of aliphatic hydroxyl groups is 1. The second kappa shape index (κ2) is 3.85. The van der Waals surface area contributed by atoms with Crippen molar-refractivity contribution in [2.24, 2.45) is 0 Å². The van der Waals surface area contributed by atoms with Crippen LogP contribution in [-0.2, 0) is 16.8 Å². The molecule has 3 heterocycles. The van der Waals surface area contributed by atoms with Crippen LogP contribution in [0.25, 0.3) is 10.9 Å². The summed E-state index contributed by atoms with van der Waals surface area (Å²) >= 11 is 0. The molecule has 1 fully saturated rings. The number of carbonyl (C=O) groups excluding carboxylic acids is 1. The van der Waals surface area contributed by atoms with Crippen molar-refractivity contribution in [2.45, 2.75) is 37.8 Å². The number of nitrogens with one attached hydrogen (secondary N) is 1. The number of hydrogen-bond acceptors (Lipinski definition) is 2. The van der Waals surface area contributed by atoms with E-state index in [0.717, 1.165) is 24.1 Å². The van der Waals surface area contributed by atoms with Crippen molar-refractivity contribution in [2.75, 3.05) is 6.61 Å². The van der Waals surface area contributed by atoms with Gasteiger partial charge in [0.15, 0.2) is 0 Å². The third-order valence-electron chi connectivity index (χ3n) is 4.99. The van der Waals surface area contributed by atoms with E-state index >= 15 is 0 Å². The summed E-state index contributed by atoms with van der Waals surface area (Å²) in [5, 5.41) is 10.9. The smallest absolute Gasteiger partial charge is 0.223 e. The monoisotopic (exact) mass is 270 g/mol. The van der Waals surface area contributed by atoms with Gasteiger partial charge in [-0.15, -0.1) is 0 Å². The van der Waals surface area contributed by atoms with Crippen molar-refractivity contribution >= 4 is 16.8 Å². The number of aromatic amines is 1. The number of fused-ring (bicyclic) bond motifs is 5. The first-order valence-corrected chi connectivity index (χ1v) is 7.18. The van der Waals surface area contributed by atoms with Gasteiger partial charge in [-0.2, -0.15) is 0 Å². The number of rotatable bonds is 1. The van der Waals surface area contributed by atoms with Crippen LogP contribution in [0.1, 0.15) is 31.0 Å². The Morgan fingerprint density at radius 2 is 2.25 bits per heavy atom. The van der Waals surface area contributed by atoms with Crippen molar-refractivity contribution < 1.29 is 9.90 Å². The molecule has 0 aliphatic carbocycles. The summed E-state index contributed by atoms with van der Waals surface area (Å²) in [6.07, 6.45) is 2.13. The summed E-state index contributed by atoms with van der Waals surface area (Å²) in [7, 11) is 0. The molecule has 1 aromatic carbocycles. The molecule has 4 heteroatoms. The van der Waals surface area contributed by atoms with Crippen molar-refractivity contribution in [1.29, 1.82) is 0 Å². The zero-order valence-electron chi connectivity index (χ0n) is 11.5. The fraction of sp³-hybridized carbons (Fsp3) is 0.438. The van der Waals surface area contributed by atoms with Gasteiger partial charge in [-0.25, -0.2) is 0 Å². The summed E-state index contributed by atoms with van der Waals surface area (Å²) in [4.78, 5) is 17.6. The molecule has 4 nitrogen and oxygen atoms in total. The molecule has 2 N–H and O–H groups in total. The van der Waals surface area contributed by atoms with Gasteiger partial charge in [0.2, 0.25) is 5.91 Å². The molecule has 104 valence electrons. The Morgan fingerprint density at radius 3 is 3.05 bits per heavy atom. The second-order valence-corrected chi connectivity index (χ2v) is 6.10. The highest BCUT2D eigenvalue weighted by atomic mass is 16.3. The zero-order chi connectivity index (χ0) is 13.9. The number of aromatic nitrogens is 1. The zero-order valence-corrected chi connectivity index (χ0v) is 11.5. The van der Waals surface area contributed by atoms with Crippen LogP contribution in [0.5, 0.6) is 0 Å². The number of aliphatic hydroxyl groups excluding tert-OH is 1. The molecule has 2 aliphatic heterocycles. The fourth-order valence-electron chi connectivity index (χ4n) is 4.06. The van der Waals surface area contributed by atoms with E-state index in [1.807, 2.05) is 17.0 Å². The molecule has 0 spiro atoms. The number of hydrogen-bond donors (Lipinski definition) is 2. The number of benzene rings is 1. The molecule has 0 radical (unpaired) electrons. The summed E-state index contributed by atoms with van der Waals surface area (Å²) < 4.78 is 0. The lowest BCUT2D eigenvalue weighted by atomic mass is 9.83. The van der Waals surface area contributed by atoms with Crippen molar-refractivity contribution in [1.82, 2.24) is 9.88 Å². The average molecular weight is 270 g/mol. The van der Waals surface area contributed by atoms with E-state index < -0.39 is 0 Å². The van der Waals surface area contributed by atoms with E-state index in [2.05, 4.69) is 24.0 Å². The minimum atomic E-state index is -0.295. The second-order valence-electron chi connectivity index (χ2n) is 6.10. The average Bonchev–Trinajstić information content (AvgIpc) is 2.98. The molecular weight excluding hydrogens is 252 g/mol. The third-order valence-corrected chi connectivity index (χ3v) is 4.99. The maximum atomic E-state index is 12.2. The molecule has 0 saturated carbocycles. The number of para-hydroxylation sites is 1. The van der Waals surface area contributed by atoms with Gasteiger partial charge in [-0.1, -0.05) is 18.2 Å². The Morgan fingerprint density at radius 1 is 1.45 bits per heavy atom. The van der Waals surface area contributed by atoms with Crippen molar-refractivity contribution in [3.63, 3.8) is 0 Å². The topological polar surface area (TPSA) is 56.3 Å². The van der Waals surface area contributed by atoms with Gasteiger partial charge in [-0.3, -0.25) is 4.79 Å². The predicted octanol–water partition coefficient (Wildman–Crippen LogP) is 1.92. The molecule has 1 aromatic heterocycles. The van der Waals surface area contributed by atoms with E-state index in [0.29, 0.717) is 6.42 Å². The van der Waals surface area contributed by atoms with Gasteiger partial charge in [0.05, 0.1) is 18.2 Å². The van der Waals surface area contributed by atoms with Crippen LogP contribution < -0.4 is 0 Å². The molecule has 0 unspecified atom stereocenters. The van der Waals surface area contributed by atoms with Crippen LogP contribution in [0.4, 0.5) is 0 Å². The quantitative estimate of drug-likeness (QED) is 0.832. The third kappa shape index (κ3) is 1.32. The highest BCUT2D eigenvalue weighted by Crippen LogP contribution is 2.47. The van der Waals surface area contributed by atoms with E-state index in [-0.39, 0.29) is 24.1 Å². The molecule has 20 heavy (non-hydrogen) atoms. The van der Waals surface area contributed by atoms with Crippen LogP contribution in [0.2, 0.25) is 0 Å². The lowest BCUT2D eigenvalue weighted by Crippen LogP contribution is -2.53. The number of amides is 1. The van der Waals surface area contributed by atoms with Gasteiger partial charge in [0, 0.05) is 23.0 Å². The molecule has 4 rings (SSSR count). The van der Waals surface area contributed by atoms with Gasteiger partial charge >= 0.3 is 0 Å². The van der Waals surface area contributed by atoms with Crippen molar-refractivity contribution in [3.8, 4) is 0 Å². The summed E-state index contributed by atoms with van der Waals surface area (Å²) in [5.41, 5.74) is 3.26. The Labute approximate surface area is 117 Å². The Bertz CT molecular complexity index is 706. The van der Waals surface area contributed by atoms with Crippen LogP contribution >= 0.6 is 0 Å². The van der Waals surface area contributed by atoms with Crippen LogP contribution in [-0.4, -0.2) is 33.5 Å². The standard InChI is InChI=1S/C16H18N2O2/c1-16-7-6-14(20)18(16)10(9-19)8-12-11-4-2-3-5-13(11)17-15(12)16/h2-5,10,17,19H,6-9H2,1H3/t10-,16+/m1/s1. The lowest BCUT2D eigenvalue weighted by Gasteiger charge is -2.44. The molecule has 2 atom stereocenters. The minimum Gasteiger partial charge on any atom is -0.394 e. The Kier molecular flexibility index (Phi) is 2.31. The number of nitrogens with zero attached hydrogens (tertiary/aromatic N) is 1. The van der Waals surface area contributed by atoms with E-state index in [4.69, 9.17) is 0 Å². The van der Waals surface area contributed by atoms with E-state index in [1.165, 1.54) is 10.9 Å². The highest BCUT2D eigenvalue weighted by Gasteiger charge is 2.51. The van der Waals surface area contributed by atoms with Crippen LogP contribution in [0.3, 0.4) is 0 Å². The van der Waals surface area contributed by atoms with Gasteiger partial charge in [0.1, 0.15) is 0 Å². The Balaban J connectivity index is 1.99. The van der Waals surface area contributed by atoms with E-state index in [9.17, 15) is 9.90 Å². The minimum absolute atomic E-state index is 0.0281. The lowest BCUT2D eigenvalue weighted by molar-refractivity contribution is -0.136. The Hall–Kier alpha value is -1.81. The fourth-order valence-corrected chi connectivity index (χ4v) is 4.06. The van der Waals surface area contributed by atoms with Crippen LogP contribution in [0.15, 0.2) is 24.3 Å². The highest BCUT2D eigenvalue weighted by molar-refractivity contribution is 5.88. The maximum absolute atomic E-state index is 12.2. The van der Waals surface area contributed by atoms with E-state index in [1.54, 1.807) is 0 Å². The van der Waals surface area contributed by atoms with Gasteiger partial charge in [-0.05, 0) is 31.4 Å². The predicted molar refractivity (Wildman–Crippen MR) is 76.3 cm³/mol. The molecule has 0 bridgehead atoms. The first kappa shape index (κ1) is 12.0. The first-order valence-electron chi connectivity index (χ1n) is 7.18. The first-order chi connectivity index (χ1) is 9.65. The number of carbonyl (C=O) groups is 1. The number of H-pyrrole nitrogens is 1. The van der Waals surface area contributed by atoms with Crippen LogP contribution in [0, 0.1) is 0 Å². The molecule has 1 amide bonds. The summed E-state index contributed by atoms with van der Waals surface area (Å²) in [6, 6.07) is 8.16. The summed E-state index contributed by atoms with van der Waals surface area (Å²) in [6.45, 7) is 2.15. The molecule has 1 saturated heterocycles. The maximum Gasteiger partial charge on any atom is 0.223 e. The molecule has 2 aromatic rings. The van der Waals surface area contributed by atoms with Gasteiger partial charge < -0.3 is 15.0 Å². The largest absolute Gasteiger partial charge is 0.394 e. The molecular formula is C16H18N2O2. The van der Waals surface area contributed by atoms with Crippen molar-refractivity contribution in [3.05, 3.63) is 35.5 Å². The normalized spacial score (nSPS) is 28.8. The SMILES string of the molecule is C[C@@]12CCC(=O)N1[C@@H](CO)Cc1c2[nH]c2ccccc12. The molecule has 2 aliphatic rings. The van der Waals surface area contributed by atoms with Gasteiger partial charge in [0.25, 0.3) is 0 Å².